The van der Waals surface area contributed by atoms with Crippen molar-refractivity contribution < 1.29 is 34.0 Å². The number of phenols is 1. The van der Waals surface area contributed by atoms with E-state index >= 15 is 0 Å². The Hall–Kier alpha value is -3.32. The molecule has 0 aliphatic heterocycles. The second-order valence-electron chi connectivity index (χ2n) is 7.97. The molecule has 0 fully saturated rings. The molecular weight excluding hydrogens is 412 g/mol. The molecule has 1 unspecified atom stereocenters. The van der Waals surface area contributed by atoms with Crippen LogP contribution in [0.4, 0.5) is 0 Å². The van der Waals surface area contributed by atoms with Crippen molar-refractivity contribution in [3.05, 3.63) is 52.6 Å². The summed E-state index contributed by atoms with van der Waals surface area (Å²) < 4.78 is 17.0. The zero-order valence-corrected chi connectivity index (χ0v) is 19.3. The summed E-state index contributed by atoms with van der Waals surface area (Å²) >= 11 is 0. The normalized spacial score (nSPS) is 12.2. The molecule has 0 saturated heterocycles. The highest BCUT2D eigenvalue weighted by molar-refractivity contribution is 5.95. The van der Waals surface area contributed by atoms with Gasteiger partial charge in [-0.2, -0.15) is 0 Å². The largest absolute Gasteiger partial charge is 0.504 e. The quantitative estimate of drug-likeness (QED) is 0.466. The van der Waals surface area contributed by atoms with Gasteiger partial charge < -0.3 is 24.4 Å². The Morgan fingerprint density at radius 1 is 1.12 bits per heavy atom. The Morgan fingerprint density at radius 2 is 1.81 bits per heavy atom. The van der Waals surface area contributed by atoms with Crippen LogP contribution in [-0.2, 0) is 9.53 Å². The predicted octanol–water partition coefficient (Wildman–Crippen LogP) is 5.54. The summed E-state index contributed by atoms with van der Waals surface area (Å²) in [5.41, 5.74) is 1.60. The van der Waals surface area contributed by atoms with Crippen LogP contribution >= 0.6 is 0 Å². The van der Waals surface area contributed by atoms with Crippen molar-refractivity contribution in [2.45, 2.75) is 40.2 Å². The van der Waals surface area contributed by atoms with Crippen molar-refractivity contribution in [3.63, 3.8) is 0 Å². The number of allylic oxidation sites excluding steroid dienone is 1. The van der Waals surface area contributed by atoms with Gasteiger partial charge in [-0.05, 0) is 68.2 Å². The van der Waals surface area contributed by atoms with Crippen LogP contribution in [0.15, 0.2) is 30.3 Å². The van der Waals surface area contributed by atoms with Crippen molar-refractivity contribution in [2.24, 2.45) is 5.92 Å². The molecule has 2 aromatic rings. The number of aromatic carboxylic acids is 1. The molecule has 0 aliphatic rings. The highest BCUT2D eigenvalue weighted by Crippen LogP contribution is 2.43. The van der Waals surface area contributed by atoms with E-state index in [1.54, 1.807) is 26.2 Å². The van der Waals surface area contributed by atoms with Crippen LogP contribution in [0, 0.1) is 12.8 Å². The fourth-order valence-corrected chi connectivity index (χ4v) is 3.45. The van der Waals surface area contributed by atoms with Gasteiger partial charge in [0.2, 0.25) is 0 Å². The summed E-state index contributed by atoms with van der Waals surface area (Å²) in [5.74, 6) is -1.12. The van der Waals surface area contributed by atoms with Crippen LogP contribution in [-0.4, -0.2) is 36.2 Å². The molecule has 0 heterocycles. The van der Waals surface area contributed by atoms with E-state index in [2.05, 4.69) is 0 Å². The van der Waals surface area contributed by atoms with Crippen LogP contribution in [0.1, 0.15) is 60.3 Å². The SMILES string of the molecule is COc1c(C(CC(C)C)OC)ccc(Oc2c(O)cc(C)cc2/C=C/C(C)=O)c1C(=O)O. The molecule has 0 spiro atoms. The number of carbonyl (C=O) groups is 2. The maximum atomic E-state index is 12.2. The van der Waals surface area contributed by atoms with Gasteiger partial charge in [0.05, 0.1) is 13.2 Å². The number of aryl methyl sites for hydroxylation is 1. The highest BCUT2D eigenvalue weighted by atomic mass is 16.5. The van der Waals surface area contributed by atoms with Crippen molar-refractivity contribution in [1.29, 1.82) is 0 Å². The number of hydrogen-bond donors (Lipinski definition) is 2. The van der Waals surface area contributed by atoms with Crippen LogP contribution in [0.25, 0.3) is 6.08 Å². The van der Waals surface area contributed by atoms with E-state index in [1.165, 1.54) is 38.3 Å². The van der Waals surface area contributed by atoms with Gasteiger partial charge >= 0.3 is 5.97 Å². The molecule has 0 radical (unpaired) electrons. The van der Waals surface area contributed by atoms with Gasteiger partial charge in [0.25, 0.3) is 0 Å². The lowest BCUT2D eigenvalue weighted by molar-refractivity contribution is -0.112. The second-order valence-corrected chi connectivity index (χ2v) is 7.97. The van der Waals surface area contributed by atoms with Gasteiger partial charge in [0.15, 0.2) is 17.3 Å². The third kappa shape index (κ3) is 5.88. The monoisotopic (exact) mass is 442 g/mol. The lowest BCUT2D eigenvalue weighted by Gasteiger charge is -2.23. The molecule has 0 saturated carbocycles. The summed E-state index contributed by atoms with van der Waals surface area (Å²) in [6.45, 7) is 7.28. The van der Waals surface area contributed by atoms with E-state index in [-0.39, 0.29) is 40.4 Å². The van der Waals surface area contributed by atoms with Crippen LogP contribution < -0.4 is 9.47 Å². The molecule has 2 N–H and O–H groups in total. The lowest BCUT2D eigenvalue weighted by Crippen LogP contribution is -2.11. The minimum atomic E-state index is -1.24. The number of carboxylic acid groups (broad SMARTS) is 1. The lowest BCUT2D eigenvalue weighted by atomic mass is 9.96. The van der Waals surface area contributed by atoms with E-state index in [0.29, 0.717) is 23.5 Å². The van der Waals surface area contributed by atoms with Gasteiger partial charge in [-0.15, -0.1) is 0 Å². The van der Waals surface area contributed by atoms with Crippen molar-refractivity contribution in [3.8, 4) is 23.0 Å². The molecular formula is C25H30O7. The van der Waals surface area contributed by atoms with Gasteiger partial charge in [0.1, 0.15) is 17.1 Å². The molecule has 0 aliphatic carbocycles. The Kier molecular flexibility index (Phi) is 8.43. The van der Waals surface area contributed by atoms with Crippen LogP contribution in [0.5, 0.6) is 23.0 Å². The number of hydrogen-bond acceptors (Lipinski definition) is 6. The zero-order chi connectivity index (χ0) is 24.0. The first-order chi connectivity index (χ1) is 15.1. The molecule has 2 rings (SSSR count). The molecule has 0 amide bonds. The highest BCUT2D eigenvalue weighted by Gasteiger charge is 2.27. The van der Waals surface area contributed by atoms with Crippen LogP contribution in [0.2, 0.25) is 0 Å². The Bertz CT molecular complexity index is 1020. The third-order valence-electron chi connectivity index (χ3n) is 4.84. The fourth-order valence-electron chi connectivity index (χ4n) is 3.45. The fraction of sp³-hybridized carbons (Fsp3) is 0.360. The Balaban J connectivity index is 2.65. The number of methoxy groups -OCH3 is 2. The number of aromatic hydroxyl groups is 1. The smallest absolute Gasteiger partial charge is 0.343 e. The molecule has 1 atom stereocenters. The van der Waals surface area contributed by atoms with Gasteiger partial charge in [-0.1, -0.05) is 13.8 Å². The number of ketones is 1. The van der Waals surface area contributed by atoms with E-state index in [4.69, 9.17) is 14.2 Å². The first-order valence-corrected chi connectivity index (χ1v) is 10.3. The number of carboxylic acids is 1. The Morgan fingerprint density at radius 3 is 2.34 bits per heavy atom. The van der Waals surface area contributed by atoms with Crippen LogP contribution in [0.3, 0.4) is 0 Å². The molecule has 172 valence electrons. The number of rotatable bonds is 10. The van der Waals surface area contributed by atoms with E-state index in [1.807, 2.05) is 13.8 Å². The molecule has 0 bridgehead atoms. The van der Waals surface area contributed by atoms with E-state index < -0.39 is 5.97 Å². The second kappa shape index (κ2) is 10.8. The minimum absolute atomic E-state index is 0.00544. The number of ether oxygens (including phenoxy) is 3. The minimum Gasteiger partial charge on any atom is -0.504 e. The summed E-state index contributed by atoms with van der Waals surface area (Å²) in [7, 11) is 2.96. The first-order valence-electron chi connectivity index (χ1n) is 10.3. The van der Waals surface area contributed by atoms with Gasteiger partial charge in [-0.3, -0.25) is 4.79 Å². The number of carbonyl (C=O) groups excluding carboxylic acids is 1. The average molecular weight is 443 g/mol. The Labute approximate surface area is 188 Å². The topological polar surface area (TPSA) is 102 Å². The van der Waals surface area contributed by atoms with E-state index in [0.717, 1.165) is 5.56 Å². The standard InChI is InChI=1S/C25H30O7/c1-14(2)11-21(30-5)18-9-10-20(22(25(28)29)24(18)31-6)32-23-17(8-7-16(4)26)12-15(3)13-19(23)27/h7-10,12-14,21,27H,11H2,1-6H3,(H,28,29)/b8-7+. The molecule has 2 aromatic carbocycles. The summed E-state index contributed by atoms with van der Waals surface area (Å²) in [6.07, 6.45) is 3.17. The molecule has 7 nitrogen and oxygen atoms in total. The van der Waals surface area contributed by atoms with Crippen molar-refractivity contribution in [1.82, 2.24) is 0 Å². The maximum Gasteiger partial charge on any atom is 0.343 e. The average Bonchev–Trinajstić information content (AvgIpc) is 2.71. The van der Waals surface area contributed by atoms with Crippen molar-refractivity contribution in [2.75, 3.05) is 14.2 Å². The number of benzene rings is 2. The zero-order valence-electron chi connectivity index (χ0n) is 19.3. The molecule has 32 heavy (non-hydrogen) atoms. The first kappa shape index (κ1) is 24.9. The van der Waals surface area contributed by atoms with E-state index in [9.17, 15) is 19.8 Å². The molecule has 0 aromatic heterocycles. The summed E-state index contributed by atoms with van der Waals surface area (Å²) in [4.78, 5) is 23.6. The van der Waals surface area contributed by atoms with Crippen molar-refractivity contribution >= 4 is 17.8 Å². The maximum absolute atomic E-state index is 12.2. The number of phenolic OH excluding ortho intramolecular Hbond substituents is 1. The summed E-state index contributed by atoms with van der Waals surface area (Å²) in [6, 6.07) is 6.44. The molecule has 7 heteroatoms. The predicted molar refractivity (Wildman–Crippen MR) is 122 cm³/mol. The summed E-state index contributed by atoms with van der Waals surface area (Å²) in [5, 5.41) is 20.4. The third-order valence-corrected chi connectivity index (χ3v) is 4.84. The van der Waals surface area contributed by atoms with Gasteiger partial charge in [0, 0.05) is 18.2 Å². The van der Waals surface area contributed by atoms with Gasteiger partial charge in [-0.25, -0.2) is 4.79 Å².